The van der Waals surface area contributed by atoms with Crippen LogP contribution in [0, 0.1) is 11.8 Å². The fraction of sp³-hybridized carbons (Fsp3) is 0.431. The third-order valence-electron chi connectivity index (χ3n) is 17.0. The highest BCUT2D eigenvalue weighted by atomic mass is 16.6. The van der Waals surface area contributed by atoms with Gasteiger partial charge < -0.3 is 70.1 Å². The van der Waals surface area contributed by atoms with E-state index in [4.69, 9.17) is 56.3 Å². The first-order valence-electron chi connectivity index (χ1n) is 31.1. The number of hydrogen-bond acceptors (Lipinski definition) is 28. The summed E-state index contributed by atoms with van der Waals surface area (Å²) >= 11 is 0. The quantitative estimate of drug-likeness (QED) is 0.0232. The van der Waals surface area contributed by atoms with Gasteiger partial charge in [0.1, 0.15) is 36.1 Å². The molecule has 4 aliphatic rings. The normalized spacial score (nSPS) is 26.6. The Kier molecular flexibility index (Phi) is 31.2. The first-order chi connectivity index (χ1) is 49.7. The molecular weight excluding hydrogens is 1420 g/mol. The summed E-state index contributed by atoms with van der Waals surface area (Å²) in [5, 5.41) is 74.4. The molecule has 108 heavy (non-hydrogen) atoms. The lowest BCUT2D eigenvalue weighted by molar-refractivity contribution is -0.125. The monoisotopic (exact) mass is 1510 g/mol. The van der Waals surface area contributed by atoms with Crippen LogP contribution in [0.5, 0.6) is 0 Å². The number of H-pyrrole nitrogens is 2. The van der Waals surface area contributed by atoms with Gasteiger partial charge in [-0.05, 0) is 83.5 Å². The van der Waals surface area contributed by atoms with Gasteiger partial charge >= 0.3 is 34.7 Å². The van der Waals surface area contributed by atoms with E-state index in [1.807, 2.05) is 4.98 Å². The molecular formula is C65H82N22O21. The second-order valence-corrected chi connectivity index (χ2v) is 23.0. The van der Waals surface area contributed by atoms with Crippen molar-refractivity contribution in [1.82, 2.24) is 38.2 Å². The molecule has 0 spiro atoms. The van der Waals surface area contributed by atoms with Gasteiger partial charge in [0.2, 0.25) is 11.4 Å². The lowest BCUT2D eigenvalue weighted by Gasteiger charge is -2.26. The number of nitrogens with two attached hydrogens (primary N) is 1. The highest BCUT2D eigenvalue weighted by Gasteiger charge is 2.58. The summed E-state index contributed by atoms with van der Waals surface area (Å²) in [4.78, 5) is 131. The Morgan fingerprint density at radius 2 is 0.843 bits per heavy atom. The van der Waals surface area contributed by atoms with E-state index in [0.717, 1.165) is 36.6 Å². The molecule has 0 radical (unpaired) electrons. The van der Waals surface area contributed by atoms with Crippen LogP contribution in [0.25, 0.3) is 41.8 Å². The van der Waals surface area contributed by atoms with Gasteiger partial charge in [0.05, 0.1) is 24.3 Å². The number of aliphatic hydroxyl groups is 6. The summed E-state index contributed by atoms with van der Waals surface area (Å²) in [5.41, 5.74) is 30.2. The molecule has 7 aromatic rings. The van der Waals surface area contributed by atoms with Crippen LogP contribution >= 0.6 is 0 Å². The molecule has 1 amide bonds. The number of carbonyl (C=O) groups is 3. The van der Waals surface area contributed by atoms with Crippen molar-refractivity contribution in [2.24, 2.45) is 32.3 Å². The summed E-state index contributed by atoms with van der Waals surface area (Å²) in [6.45, 7) is 5.21. The van der Waals surface area contributed by atoms with Crippen molar-refractivity contribution in [3.63, 3.8) is 0 Å². The van der Waals surface area contributed by atoms with Crippen molar-refractivity contribution in [2.45, 2.75) is 155 Å². The standard InChI is InChI=1S/C25H24N6O5.C18H19N5O5.C9H12N6O5.C9H11N5O6.4CH4/c1-3-25(29-30-26)16(2)20(35-23(33)18-12-8-5-9-13-18)22(36-25)31-15-14-19(28-24(31)34)27-21(32)17-10-6-4-7-11-17;1-3-18(21-22-19)11(2)14(27-16(25)12-7-5-4-6-8-12)15(28-18)23-10-9-13(24)20-17(23)26;10-4-1-2-15(8(19)12-4)7-5(17)6(18)9(3-16,20-7)13-14-11;10-13-12-9(3-15)6(18)5(17)7(20-9)14-2-1-4(16)11-8(14)19;;;;/h4-16,20,22H,3H2,1-2H3,(H,27,28,32,34);4-11,14-15H,3H2,1-2H3,(H,20,24,26);1-2,5-7,16-18H,3H2,(H2,10,12,19);1-2,5-7,15,17-18H,3H2,(H,11,16,19);4*1H4/t16-,20-,22+,25+;11-,14-,15+,18+;2*5-,6-,7+,9+;;;;/m0000..../s1. The molecule has 43 nitrogen and oxygen atoms in total. The van der Waals surface area contributed by atoms with Crippen LogP contribution < -0.4 is 44.9 Å². The Hall–Kier alpha value is -12.2. The molecule has 0 unspecified atom stereocenters. The Bertz CT molecular complexity index is 4830. The fourth-order valence-electron chi connectivity index (χ4n) is 11.3. The second-order valence-electron chi connectivity index (χ2n) is 23.0. The summed E-state index contributed by atoms with van der Waals surface area (Å²) in [6.07, 6.45) is -8.10. The second kappa shape index (κ2) is 38.2. The number of anilines is 2. The van der Waals surface area contributed by atoms with Crippen molar-refractivity contribution < 1.29 is 73.4 Å². The van der Waals surface area contributed by atoms with Gasteiger partial charge in [-0.2, -0.15) is 9.97 Å². The van der Waals surface area contributed by atoms with Crippen molar-refractivity contribution >= 4 is 29.5 Å². The lowest BCUT2D eigenvalue weighted by Crippen LogP contribution is -2.44. The highest BCUT2D eigenvalue weighted by molar-refractivity contribution is 6.03. The maximum absolute atomic E-state index is 13.0. The molecule has 0 bridgehead atoms. The van der Waals surface area contributed by atoms with Crippen molar-refractivity contribution in [3.05, 3.63) is 261 Å². The number of nitrogens with one attached hydrogen (secondary N) is 3. The first-order valence-corrected chi connectivity index (χ1v) is 31.1. The summed E-state index contributed by atoms with van der Waals surface area (Å²) in [7, 11) is 0. The molecule has 0 aliphatic carbocycles. The zero-order chi connectivity index (χ0) is 75.8. The van der Waals surface area contributed by atoms with Crippen LogP contribution in [0.3, 0.4) is 0 Å². The number of nitrogens with zero attached hydrogens (tertiary/aromatic N) is 18. The Balaban J connectivity index is 0.000000309. The highest BCUT2D eigenvalue weighted by Crippen LogP contribution is 2.48. The molecule has 4 saturated heterocycles. The number of nitrogen functional groups attached to an aromatic ring is 1. The predicted octanol–water partition coefficient (Wildman–Crippen LogP) is 5.05. The molecule has 8 heterocycles. The zero-order valence-electron chi connectivity index (χ0n) is 55.0. The number of benzene rings is 3. The first kappa shape index (κ1) is 88.2. The maximum atomic E-state index is 13.0. The maximum Gasteiger partial charge on any atom is 0.351 e. The SMILES string of the molecule is C.C.C.C.CC[C@@]1(N=[N+]=[N-])O[C@@H](n2ccc(=O)[nH]c2=O)[C@@H](OC(=O)c2ccccc2)[C@@H]1C.CC[C@@]1(N=[N+]=[N-])O[C@@H](n2ccc(NC(=O)c3ccccc3)nc2=O)[C@@H](OC(=O)c2ccccc2)[C@@H]1C.[N-]=[N+]=N[C@]1(CO)O[C@@H](n2ccc(=O)[nH]c2=O)[C@@H](O)[C@@H]1O.[N-]=[N+]=N[C@]1(CO)O[C@@H](n2ccc(N)nc2=O)[C@@H](O)[C@@H]1O. The van der Waals surface area contributed by atoms with Gasteiger partial charge in [0.25, 0.3) is 17.0 Å². The number of carbonyl (C=O) groups excluding carboxylic acids is 3. The summed E-state index contributed by atoms with van der Waals surface area (Å²) in [5.74, 6) is -2.74. The number of rotatable bonds is 18. The molecule has 11 N–H and O–H groups in total. The van der Waals surface area contributed by atoms with Gasteiger partial charge in [0.15, 0.2) is 48.6 Å². The molecule has 3 aromatic carbocycles. The largest absolute Gasteiger partial charge is 0.454 e. The molecule has 578 valence electrons. The minimum Gasteiger partial charge on any atom is -0.454 e. The smallest absolute Gasteiger partial charge is 0.351 e. The van der Waals surface area contributed by atoms with E-state index in [0.29, 0.717) is 23.1 Å². The Labute approximate surface area is 611 Å². The van der Waals surface area contributed by atoms with Crippen LogP contribution in [0.4, 0.5) is 11.6 Å². The number of hydrogen-bond donors (Lipinski definition) is 10. The fourth-order valence-corrected chi connectivity index (χ4v) is 11.3. The van der Waals surface area contributed by atoms with Crippen LogP contribution in [0.2, 0.25) is 0 Å². The van der Waals surface area contributed by atoms with Crippen LogP contribution in [0.1, 0.15) is 126 Å². The molecule has 11 rings (SSSR count). The third kappa shape index (κ3) is 18.7. The van der Waals surface area contributed by atoms with E-state index < -0.39 is 161 Å². The van der Waals surface area contributed by atoms with Gasteiger partial charge in [-0.25, -0.2) is 28.8 Å². The average molecular weight is 1510 g/mol. The number of aromatic amines is 2. The molecule has 4 aromatic heterocycles. The van der Waals surface area contributed by atoms with Crippen molar-refractivity contribution in [3.8, 4) is 0 Å². The van der Waals surface area contributed by atoms with E-state index in [-0.39, 0.29) is 47.8 Å². The predicted molar refractivity (Wildman–Crippen MR) is 382 cm³/mol. The average Bonchev–Trinajstić information content (AvgIpc) is 1.63. The Morgan fingerprint density at radius 1 is 0.509 bits per heavy atom. The number of aliphatic hydroxyl groups excluding tert-OH is 6. The van der Waals surface area contributed by atoms with Gasteiger partial charge in [-0.1, -0.05) is 132 Å². The van der Waals surface area contributed by atoms with Crippen LogP contribution in [-0.4, -0.2) is 159 Å². The van der Waals surface area contributed by atoms with Crippen LogP contribution in [0.15, 0.2) is 189 Å². The molecule has 4 fully saturated rings. The number of aromatic nitrogens is 8. The molecule has 43 heteroatoms. The lowest BCUT2D eigenvalue weighted by atomic mass is 9.92. The topological polar surface area (TPSA) is 641 Å². The number of esters is 2. The van der Waals surface area contributed by atoms with Gasteiger partial charge in [-0.3, -0.25) is 42.6 Å². The number of ether oxygens (including phenoxy) is 6. The minimum absolute atomic E-state index is 0. The van der Waals surface area contributed by atoms with Crippen molar-refractivity contribution in [2.75, 3.05) is 24.3 Å². The zero-order valence-corrected chi connectivity index (χ0v) is 55.0. The molecule has 16 atom stereocenters. The summed E-state index contributed by atoms with van der Waals surface area (Å²) in [6, 6.07) is 30.2. The van der Waals surface area contributed by atoms with Gasteiger partial charge in [-0.15, -0.1) is 0 Å². The van der Waals surface area contributed by atoms with E-state index in [1.165, 1.54) is 30.7 Å². The van der Waals surface area contributed by atoms with Gasteiger partial charge in [0, 0.05) is 74.0 Å². The van der Waals surface area contributed by atoms with Crippen molar-refractivity contribution in [1.29, 1.82) is 0 Å². The summed E-state index contributed by atoms with van der Waals surface area (Å²) < 4.78 is 37.8. The van der Waals surface area contributed by atoms with E-state index in [9.17, 15) is 73.8 Å². The molecule has 0 saturated carbocycles. The number of amides is 1. The van der Waals surface area contributed by atoms with E-state index in [2.05, 4.69) is 60.4 Å². The van der Waals surface area contributed by atoms with E-state index >= 15 is 0 Å². The third-order valence-corrected chi connectivity index (χ3v) is 17.0. The van der Waals surface area contributed by atoms with Crippen LogP contribution in [-0.2, 0) is 28.4 Å². The number of azide groups is 4. The molecule has 4 aliphatic heterocycles. The Morgan fingerprint density at radius 3 is 1.21 bits per heavy atom. The minimum atomic E-state index is -2.10. The van der Waals surface area contributed by atoms with E-state index in [1.54, 1.807) is 119 Å².